The summed E-state index contributed by atoms with van der Waals surface area (Å²) >= 11 is 5.78. The summed E-state index contributed by atoms with van der Waals surface area (Å²) in [6.45, 7) is 0. The lowest BCUT2D eigenvalue weighted by atomic mass is 10.2. The normalized spacial score (nSPS) is 10.7. The zero-order chi connectivity index (χ0) is 15.7. The van der Waals surface area contributed by atoms with E-state index in [-0.39, 0.29) is 10.8 Å². The van der Waals surface area contributed by atoms with Gasteiger partial charge in [0.15, 0.2) is 0 Å². The molecule has 5 nitrogen and oxygen atoms in total. The third-order valence-corrected chi connectivity index (χ3v) is 3.49. The molecule has 3 aromatic rings. The second-order valence-corrected chi connectivity index (χ2v) is 5.02. The number of hydrogen-bond donors (Lipinski definition) is 3. The average molecular weight is 319 g/mol. The Kier molecular flexibility index (Phi) is 3.68. The van der Waals surface area contributed by atoms with E-state index in [0.29, 0.717) is 28.1 Å². The number of benzene rings is 2. The van der Waals surface area contributed by atoms with E-state index in [4.69, 9.17) is 11.6 Å². The van der Waals surface area contributed by atoms with Crippen LogP contribution in [0.3, 0.4) is 0 Å². The fraction of sp³-hybridized carbons (Fsp3) is 0.0667. The Morgan fingerprint density at radius 1 is 1.18 bits per heavy atom. The minimum atomic E-state index is -0.484. The van der Waals surface area contributed by atoms with E-state index in [0.717, 1.165) is 0 Å². The molecule has 0 amide bonds. The van der Waals surface area contributed by atoms with Crippen LogP contribution >= 0.6 is 11.6 Å². The third-order valence-electron chi connectivity index (χ3n) is 3.20. The van der Waals surface area contributed by atoms with Crippen LogP contribution in [0.5, 0.6) is 5.75 Å². The van der Waals surface area contributed by atoms with Crippen molar-refractivity contribution < 1.29 is 9.50 Å². The van der Waals surface area contributed by atoms with E-state index in [2.05, 4.69) is 20.6 Å². The highest BCUT2D eigenvalue weighted by Crippen LogP contribution is 2.32. The lowest BCUT2D eigenvalue weighted by molar-refractivity contribution is 0.478. The monoisotopic (exact) mass is 318 g/mol. The second kappa shape index (κ2) is 5.65. The molecule has 0 aliphatic rings. The summed E-state index contributed by atoms with van der Waals surface area (Å²) in [4.78, 5) is 8.32. The summed E-state index contributed by atoms with van der Waals surface area (Å²) in [5, 5.41) is 16.6. The molecular weight excluding hydrogens is 307 g/mol. The second-order valence-electron chi connectivity index (χ2n) is 4.61. The van der Waals surface area contributed by atoms with Crippen molar-refractivity contribution in [3.8, 4) is 5.75 Å². The molecule has 2 aromatic carbocycles. The molecule has 0 fully saturated rings. The number of hydrogen-bond acceptors (Lipinski definition) is 5. The zero-order valence-electron chi connectivity index (χ0n) is 11.6. The van der Waals surface area contributed by atoms with Crippen molar-refractivity contribution >= 4 is 39.7 Å². The maximum Gasteiger partial charge on any atom is 0.141 e. The van der Waals surface area contributed by atoms with Gasteiger partial charge in [-0.15, -0.1) is 0 Å². The third kappa shape index (κ3) is 2.60. The first-order valence-electron chi connectivity index (χ1n) is 6.46. The molecular formula is C15H12ClFN4O. The lowest BCUT2D eigenvalue weighted by Crippen LogP contribution is -1.97. The first kappa shape index (κ1) is 14.3. The number of nitrogens with zero attached hydrogens (tertiary/aromatic N) is 2. The molecule has 0 spiro atoms. The van der Waals surface area contributed by atoms with Gasteiger partial charge in [0.1, 0.15) is 23.7 Å². The molecule has 3 rings (SSSR count). The van der Waals surface area contributed by atoms with E-state index in [1.807, 2.05) is 0 Å². The highest BCUT2D eigenvalue weighted by molar-refractivity contribution is 6.31. The topological polar surface area (TPSA) is 70.1 Å². The molecule has 1 aromatic heterocycles. The number of fused-ring (bicyclic) bond motifs is 1. The molecule has 3 N–H and O–H groups in total. The van der Waals surface area contributed by atoms with Crippen LogP contribution in [0.15, 0.2) is 36.7 Å². The largest absolute Gasteiger partial charge is 0.506 e. The van der Waals surface area contributed by atoms with Crippen molar-refractivity contribution in [1.29, 1.82) is 0 Å². The molecule has 0 atom stereocenters. The number of aromatic hydroxyl groups is 1. The van der Waals surface area contributed by atoms with Crippen LogP contribution in [0.4, 0.5) is 21.6 Å². The summed E-state index contributed by atoms with van der Waals surface area (Å²) < 4.78 is 13.2. The summed E-state index contributed by atoms with van der Waals surface area (Å²) in [6.07, 6.45) is 1.38. The van der Waals surface area contributed by atoms with Crippen molar-refractivity contribution in [2.45, 2.75) is 0 Å². The van der Waals surface area contributed by atoms with Crippen LogP contribution in [0.25, 0.3) is 10.9 Å². The Morgan fingerprint density at radius 3 is 2.73 bits per heavy atom. The number of phenolic OH excluding ortho intramolecular Hbond substituents is 1. The molecule has 0 aliphatic carbocycles. The fourth-order valence-electron chi connectivity index (χ4n) is 2.10. The first-order valence-corrected chi connectivity index (χ1v) is 6.84. The van der Waals surface area contributed by atoms with E-state index >= 15 is 0 Å². The Balaban J connectivity index is 2.08. The van der Waals surface area contributed by atoms with Crippen molar-refractivity contribution in [3.63, 3.8) is 0 Å². The molecule has 0 radical (unpaired) electrons. The van der Waals surface area contributed by atoms with Crippen LogP contribution in [0, 0.1) is 5.82 Å². The Bertz CT molecular complexity index is 856. The van der Waals surface area contributed by atoms with Gasteiger partial charge in [-0.2, -0.15) is 0 Å². The van der Waals surface area contributed by atoms with Gasteiger partial charge in [0.25, 0.3) is 0 Å². The average Bonchev–Trinajstić information content (AvgIpc) is 2.50. The highest BCUT2D eigenvalue weighted by Gasteiger charge is 2.09. The summed E-state index contributed by atoms with van der Waals surface area (Å²) in [7, 11) is 1.71. The van der Waals surface area contributed by atoms with Crippen molar-refractivity contribution in [2.24, 2.45) is 0 Å². The van der Waals surface area contributed by atoms with Gasteiger partial charge in [-0.3, -0.25) is 0 Å². The number of anilines is 3. The van der Waals surface area contributed by atoms with E-state index < -0.39 is 5.82 Å². The molecule has 0 saturated carbocycles. The van der Waals surface area contributed by atoms with Crippen molar-refractivity contribution in [3.05, 3.63) is 47.5 Å². The maximum atomic E-state index is 13.2. The molecule has 0 aliphatic heterocycles. The van der Waals surface area contributed by atoms with Gasteiger partial charge < -0.3 is 15.7 Å². The summed E-state index contributed by atoms with van der Waals surface area (Å²) in [6, 6.07) is 7.60. The molecule has 0 bridgehead atoms. The zero-order valence-corrected chi connectivity index (χ0v) is 12.3. The maximum absolute atomic E-state index is 13.2. The van der Waals surface area contributed by atoms with E-state index in [9.17, 15) is 9.50 Å². The molecule has 0 unspecified atom stereocenters. The lowest BCUT2D eigenvalue weighted by Gasteiger charge is -2.11. The number of halogens is 2. The Hall–Kier alpha value is -2.60. The molecule has 1 heterocycles. The van der Waals surface area contributed by atoms with Crippen molar-refractivity contribution in [1.82, 2.24) is 9.97 Å². The van der Waals surface area contributed by atoms with Gasteiger partial charge in [0.05, 0.1) is 16.2 Å². The predicted molar refractivity (Wildman–Crippen MR) is 85.4 cm³/mol. The molecule has 112 valence electrons. The standard InChI is InChI=1S/C15H12ClFN4O/c1-18-13-5-9-12(6-14(13)22)19-7-20-15(9)21-8-2-3-11(17)10(16)4-8/h2-7,18,22H,1H3,(H,19,20,21). The van der Waals surface area contributed by atoms with Crippen LogP contribution in [0.2, 0.25) is 5.02 Å². The number of nitrogens with one attached hydrogen (secondary N) is 2. The van der Waals surface area contributed by atoms with Gasteiger partial charge in [-0.05, 0) is 24.3 Å². The van der Waals surface area contributed by atoms with Crippen LogP contribution in [-0.4, -0.2) is 22.1 Å². The van der Waals surface area contributed by atoms with Gasteiger partial charge in [0, 0.05) is 24.2 Å². The molecule has 22 heavy (non-hydrogen) atoms. The fourth-order valence-corrected chi connectivity index (χ4v) is 2.28. The van der Waals surface area contributed by atoms with E-state index in [1.54, 1.807) is 25.2 Å². The van der Waals surface area contributed by atoms with Crippen molar-refractivity contribution in [2.75, 3.05) is 17.7 Å². The van der Waals surface area contributed by atoms with E-state index in [1.165, 1.54) is 18.5 Å². The SMILES string of the molecule is CNc1cc2c(Nc3ccc(F)c(Cl)c3)ncnc2cc1O. The molecule has 0 saturated heterocycles. The van der Waals surface area contributed by atoms with Crippen LogP contribution in [-0.2, 0) is 0 Å². The van der Waals surface area contributed by atoms with Gasteiger partial charge in [-0.1, -0.05) is 11.6 Å². The Morgan fingerprint density at radius 2 is 2.00 bits per heavy atom. The Labute approximate surface area is 130 Å². The number of aromatic nitrogens is 2. The van der Waals surface area contributed by atoms with Gasteiger partial charge in [0.2, 0.25) is 0 Å². The summed E-state index contributed by atoms with van der Waals surface area (Å²) in [5.41, 5.74) is 1.75. The van der Waals surface area contributed by atoms with Crippen LogP contribution < -0.4 is 10.6 Å². The molecule has 7 heteroatoms. The highest BCUT2D eigenvalue weighted by atomic mass is 35.5. The van der Waals surface area contributed by atoms with Gasteiger partial charge >= 0.3 is 0 Å². The predicted octanol–water partition coefficient (Wildman–Crippen LogP) is 3.91. The smallest absolute Gasteiger partial charge is 0.141 e. The first-order chi connectivity index (χ1) is 10.6. The minimum absolute atomic E-state index is 0.0249. The quantitative estimate of drug-likeness (QED) is 0.639. The summed E-state index contributed by atoms with van der Waals surface area (Å²) in [5.74, 6) is 0.149. The van der Waals surface area contributed by atoms with Crippen LogP contribution in [0.1, 0.15) is 0 Å². The number of phenols is 1. The number of rotatable bonds is 3. The van der Waals surface area contributed by atoms with Gasteiger partial charge in [-0.25, -0.2) is 14.4 Å². The minimum Gasteiger partial charge on any atom is -0.506 e.